The Hall–Kier alpha value is -5.92. The van der Waals surface area contributed by atoms with E-state index < -0.39 is 28.6 Å². The molecule has 14 heteroatoms. The topological polar surface area (TPSA) is 202 Å². The molecule has 0 saturated carbocycles. The molecule has 1 aliphatic heterocycles. The van der Waals surface area contributed by atoms with E-state index >= 15 is 0 Å². The number of carbonyl (C=O) groups excluding carboxylic acids is 2. The predicted molar refractivity (Wildman–Crippen MR) is 161 cm³/mol. The minimum Gasteiger partial charge on any atom is -0.478 e. The van der Waals surface area contributed by atoms with Gasteiger partial charge in [-0.15, -0.1) is 0 Å². The SMILES string of the molecule is Nc1c(N2CCc3ccc(CNC(=O)c4cc(C(=O)N[C@H]5CCc6cc(C(=O)O)ccc65)nc5ncnn45)cc3C2)c(=O)c1=O. The van der Waals surface area contributed by atoms with Gasteiger partial charge >= 0.3 is 5.97 Å². The Bertz CT molecular complexity index is 2130. The monoisotopic (exact) mass is 606 g/mol. The highest BCUT2D eigenvalue weighted by Crippen LogP contribution is 2.32. The van der Waals surface area contributed by atoms with Crippen LogP contribution >= 0.6 is 0 Å². The van der Waals surface area contributed by atoms with E-state index in [9.17, 15) is 29.1 Å². The third-order valence-corrected chi connectivity index (χ3v) is 8.46. The molecule has 5 N–H and O–H groups in total. The Morgan fingerprint density at radius 1 is 0.978 bits per heavy atom. The minimum atomic E-state index is -1.01. The molecule has 2 aromatic heterocycles. The summed E-state index contributed by atoms with van der Waals surface area (Å²) >= 11 is 0. The molecule has 1 aliphatic carbocycles. The molecule has 1 atom stereocenters. The first-order valence-electron chi connectivity index (χ1n) is 14.3. The maximum Gasteiger partial charge on any atom is 0.335 e. The molecule has 2 aliphatic rings. The third kappa shape index (κ3) is 4.85. The van der Waals surface area contributed by atoms with Gasteiger partial charge in [-0.3, -0.25) is 19.2 Å². The van der Waals surface area contributed by atoms with Crippen molar-refractivity contribution in [2.75, 3.05) is 17.2 Å². The first-order valence-corrected chi connectivity index (χ1v) is 14.3. The van der Waals surface area contributed by atoms with Gasteiger partial charge in [-0.05, 0) is 59.2 Å². The summed E-state index contributed by atoms with van der Waals surface area (Å²) in [6.45, 7) is 1.16. The zero-order valence-corrected chi connectivity index (χ0v) is 23.7. The summed E-state index contributed by atoms with van der Waals surface area (Å²) in [5.74, 6) is -1.93. The van der Waals surface area contributed by atoms with Gasteiger partial charge in [-0.25, -0.2) is 9.78 Å². The molecule has 2 amide bonds. The summed E-state index contributed by atoms with van der Waals surface area (Å²) in [6, 6.07) is 11.7. The van der Waals surface area contributed by atoms with Crippen molar-refractivity contribution in [1.29, 1.82) is 0 Å². The lowest BCUT2D eigenvalue weighted by Gasteiger charge is -2.32. The summed E-state index contributed by atoms with van der Waals surface area (Å²) in [5, 5.41) is 19.2. The van der Waals surface area contributed by atoms with Crippen LogP contribution in [-0.4, -0.2) is 49.0 Å². The van der Waals surface area contributed by atoms with Crippen LogP contribution < -0.4 is 32.1 Å². The number of nitrogens with two attached hydrogens (primary N) is 1. The number of aryl methyl sites for hydroxylation is 1. The van der Waals surface area contributed by atoms with Crippen molar-refractivity contribution < 1.29 is 19.5 Å². The number of nitrogen functional groups attached to an aromatic ring is 1. The van der Waals surface area contributed by atoms with E-state index in [0.29, 0.717) is 32.4 Å². The maximum atomic E-state index is 13.4. The van der Waals surface area contributed by atoms with Crippen LogP contribution in [0, 0.1) is 0 Å². The highest BCUT2D eigenvalue weighted by molar-refractivity contribution is 5.98. The van der Waals surface area contributed by atoms with E-state index in [0.717, 1.165) is 27.8 Å². The van der Waals surface area contributed by atoms with Crippen LogP contribution in [0.1, 0.15) is 71.6 Å². The van der Waals surface area contributed by atoms with Gasteiger partial charge in [0.2, 0.25) is 0 Å². The van der Waals surface area contributed by atoms with Gasteiger partial charge in [-0.2, -0.15) is 14.6 Å². The molecule has 3 aromatic carbocycles. The fraction of sp³-hybridized carbons (Fsp3) is 0.226. The summed E-state index contributed by atoms with van der Waals surface area (Å²) in [7, 11) is 0. The van der Waals surface area contributed by atoms with E-state index in [1.165, 1.54) is 23.0 Å². The zero-order chi connectivity index (χ0) is 31.4. The highest BCUT2D eigenvalue weighted by atomic mass is 16.4. The van der Waals surface area contributed by atoms with Crippen molar-refractivity contribution in [3.05, 3.63) is 114 Å². The number of carbonyl (C=O) groups is 3. The number of anilines is 2. The molecular formula is C31H26N8O6. The van der Waals surface area contributed by atoms with Gasteiger partial charge in [0.15, 0.2) is 0 Å². The van der Waals surface area contributed by atoms with Crippen LogP contribution in [0.15, 0.2) is 58.4 Å². The smallest absolute Gasteiger partial charge is 0.335 e. The number of aromatic nitrogens is 4. The van der Waals surface area contributed by atoms with Crippen LogP contribution in [0.25, 0.3) is 5.78 Å². The number of nitrogens with one attached hydrogen (secondary N) is 2. The highest BCUT2D eigenvalue weighted by Gasteiger charge is 2.28. The number of nitrogens with zero attached hydrogens (tertiary/aromatic N) is 5. The Kier molecular flexibility index (Phi) is 6.61. The van der Waals surface area contributed by atoms with Crippen LogP contribution in [0.3, 0.4) is 0 Å². The summed E-state index contributed by atoms with van der Waals surface area (Å²) in [6.07, 6.45) is 3.15. The number of carboxylic acids is 1. The van der Waals surface area contributed by atoms with E-state index in [4.69, 9.17) is 5.73 Å². The number of hydrogen-bond acceptors (Lipinski definition) is 10. The van der Waals surface area contributed by atoms with Crippen molar-refractivity contribution in [2.45, 2.75) is 38.4 Å². The maximum absolute atomic E-state index is 13.4. The predicted octanol–water partition coefficient (Wildman–Crippen LogP) is 0.911. The van der Waals surface area contributed by atoms with Crippen molar-refractivity contribution in [2.24, 2.45) is 0 Å². The Morgan fingerprint density at radius 3 is 2.62 bits per heavy atom. The zero-order valence-electron chi connectivity index (χ0n) is 23.7. The van der Waals surface area contributed by atoms with Crippen molar-refractivity contribution >= 4 is 34.9 Å². The molecule has 14 nitrogen and oxygen atoms in total. The number of aromatic carboxylic acids is 1. The molecule has 0 fully saturated rings. The third-order valence-electron chi connectivity index (χ3n) is 8.46. The molecular weight excluding hydrogens is 580 g/mol. The second-order valence-electron chi connectivity index (χ2n) is 11.2. The minimum absolute atomic E-state index is 0.000848. The lowest BCUT2D eigenvalue weighted by molar-refractivity contribution is 0.0696. The van der Waals surface area contributed by atoms with Crippen LogP contribution in [0.4, 0.5) is 11.4 Å². The van der Waals surface area contributed by atoms with E-state index in [-0.39, 0.29) is 46.7 Å². The number of fused-ring (bicyclic) bond motifs is 3. The van der Waals surface area contributed by atoms with E-state index in [1.54, 1.807) is 12.1 Å². The lowest BCUT2D eigenvalue weighted by Crippen LogP contribution is -2.44. The van der Waals surface area contributed by atoms with E-state index in [2.05, 4.69) is 25.7 Å². The van der Waals surface area contributed by atoms with Crippen LogP contribution in [0.5, 0.6) is 0 Å². The Morgan fingerprint density at radius 2 is 1.82 bits per heavy atom. The van der Waals surface area contributed by atoms with Gasteiger partial charge in [0.05, 0.1) is 11.6 Å². The van der Waals surface area contributed by atoms with E-state index in [1.807, 2.05) is 23.1 Å². The molecule has 0 saturated heterocycles. The van der Waals surface area contributed by atoms with Crippen LogP contribution in [-0.2, 0) is 25.9 Å². The first-order chi connectivity index (χ1) is 21.7. The number of rotatable bonds is 7. The summed E-state index contributed by atoms with van der Waals surface area (Å²) in [5.41, 5.74) is 9.68. The first kappa shape index (κ1) is 27.9. The van der Waals surface area contributed by atoms with Crippen molar-refractivity contribution in [3.63, 3.8) is 0 Å². The second-order valence-corrected chi connectivity index (χ2v) is 11.2. The molecule has 3 heterocycles. The molecule has 0 spiro atoms. The van der Waals surface area contributed by atoms with Gasteiger partial charge in [0, 0.05) is 25.7 Å². The Balaban J connectivity index is 1.06. The fourth-order valence-corrected chi connectivity index (χ4v) is 6.12. The standard InChI is InChI=1S/C31H26N8O6/c32-24-25(27(41)26(24)40)38-8-7-16-2-1-15(9-19(16)13-38)12-33-29(43)23-11-22(37-31-34-14-35-39(23)31)28(42)36-21-6-4-17-10-18(30(44)45)3-5-20(17)21/h1-3,5,9-11,14,21H,4,6-8,12-13,32H2,(H,33,43)(H,36,42)(H,44,45)/t21-/m0/s1. The number of amides is 2. The normalized spacial score (nSPS) is 15.6. The lowest BCUT2D eigenvalue weighted by atomic mass is 9.96. The molecule has 226 valence electrons. The number of benzene rings is 2. The number of carboxylic acid groups (broad SMARTS) is 1. The summed E-state index contributed by atoms with van der Waals surface area (Å²) < 4.78 is 1.25. The molecule has 7 rings (SSSR count). The number of hydrogen-bond donors (Lipinski definition) is 4. The van der Waals surface area contributed by atoms with Crippen molar-refractivity contribution in [3.8, 4) is 0 Å². The largest absolute Gasteiger partial charge is 0.478 e. The molecule has 0 radical (unpaired) electrons. The van der Waals surface area contributed by atoms with Crippen LogP contribution in [0.2, 0.25) is 0 Å². The van der Waals surface area contributed by atoms with Gasteiger partial charge in [-0.1, -0.05) is 24.3 Å². The van der Waals surface area contributed by atoms with Gasteiger partial charge in [0.1, 0.15) is 29.1 Å². The van der Waals surface area contributed by atoms with Crippen molar-refractivity contribution in [1.82, 2.24) is 30.2 Å². The fourth-order valence-electron chi connectivity index (χ4n) is 6.12. The molecule has 0 unspecified atom stereocenters. The van der Waals surface area contributed by atoms with Gasteiger partial charge < -0.3 is 26.4 Å². The molecule has 5 aromatic rings. The average molecular weight is 607 g/mol. The molecule has 0 bridgehead atoms. The average Bonchev–Trinajstić information content (AvgIpc) is 3.69. The second kappa shape index (κ2) is 10.7. The molecule has 45 heavy (non-hydrogen) atoms. The summed E-state index contributed by atoms with van der Waals surface area (Å²) in [4.78, 5) is 71.8. The van der Waals surface area contributed by atoms with Gasteiger partial charge in [0.25, 0.3) is 28.4 Å². The Labute approximate surface area is 254 Å². The quantitative estimate of drug-likeness (QED) is 0.192.